The Balaban J connectivity index is 2.01. The summed E-state index contributed by atoms with van der Waals surface area (Å²) >= 11 is 0. The Hall–Kier alpha value is -2.81. The molecule has 0 saturated carbocycles. The fourth-order valence-corrected chi connectivity index (χ4v) is 2.91. The third-order valence-corrected chi connectivity index (χ3v) is 3.97. The largest absolute Gasteiger partial charge is 0.493 e. The Bertz CT molecular complexity index is 851. The van der Waals surface area contributed by atoms with Crippen molar-refractivity contribution in [3.05, 3.63) is 65.4 Å². The van der Waals surface area contributed by atoms with E-state index in [4.69, 9.17) is 9.15 Å². The summed E-state index contributed by atoms with van der Waals surface area (Å²) in [7, 11) is 0. The summed E-state index contributed by atoms with van der Waals surface area (Å²) in [5, 5.41) is 0. The zero-order chi connectivity index (χ0) is 17.1. The van der Waals surface area contributed by atoms with Gasteiger partial charge >= 0.3 is 0 Å². The van der Waals surface area contributed by atoms with Gasteiger partial charge in [-0.25, -0.2) is 0 Å². The van der Waals surface area contributed by atoms with Crippen LogP contribution in [0.5, 0.6) is 5.75 Å². The maximum Gasteiger partial charge on any atom is 0.185 e. The number of rotatable bonds is 5. The van der Waals surface area contributed by atoms with Gasteiger partial charge in [0.25, 0.3) is 0 Å². The average molecular weight is 320 g/mol. The Labute approximate surface area is 141 Å². The monoisotopic (exact) mass is 320 g/mol. The molecular formula is C21H20O3. The van der Waals surface area contributed by atoms with Crippen LogP contribution in [0.2, 0.25) is 0 Å². The molecule has 1 aromatic heterocycles. The minimum absolute atomic E-state index is 0.336. The van der Waals surface area contributed by atoms with Gasteiger partial charge in [0, 0.05) is 5.56 Å². The highest BCUT2D eigenvalue weighted by molar-refractivity contribution is 5.75. The number of carbonyl (C=O) groups is 1. The predicted octanol–water partition coefficient (Wildman–Crippen LogP) is 5.44. The molecule has 0 spiro atoms. The molecule has 0 N–H and O–H groups in total. The first-order valence-electron chi connectivity index (χ1n) is 8.02. The number of carbonyl (C=O) groups excluding carboxylic acids is 1. The first kappa shape index (κ1) is 16.1. The van der Waals surface area contributed by atoms with Crippen LogP contribution in [0.15, 0.2) is 52.9 Å². The van der Waals surface area contributed by atoms with Crippen LogP contribution in [-0.2, 0) is 0 Å². The summed E-state index contributed by atoms with van der Waals surface area (Å²) < 4.78 is 11.2. The van der Waals surface area contributed by atoms with Crippen molar-refractivity contribution in [2.75, 3.05) is 6.61 Å². The van der Waals surface area contributed by atoms with Crippen LogP contribution in [-0.4, -0.2) is 12.9 Å². The predicted molar refractivity (Wildman–Crippen MR) is 95.6 cm³/mol. The number of aryl methyl sites for hydroxylation is 2. The van der Waals surface area contributed by atoms with Gasteiger partial charge in [0.1, 0.15) is 11.5 Å². The minimum atomic E-state index is 0.336. The Morgan fingerprint density at radius 3 is 2.29 bits per heavy atom. The maximum absolute atomic E-state index is 10.8. The number of hydrogen-bond donors (Lipinski definition) is 0. The van der Waals surface area contributed by atoms with Gasteiger partial charge in [0.05, 0.1) is 6.61 Å². The van der Waals surface area contributed by atoms with Crippen molar-refractivity contribution in [3.8, 4) is 28.2 Å². The Kier molecular flexibility index (Phi) is 4.52. The molecule has 0 radical (unpaired) electrons. The van der Waals surface area contributed by atoms with Crippen LogP contribution < -0.4 is 4.74 Å². The van der Waals surface area contributed by atoms with E-state index in [-0.39, 0.29) is 0 Å². The minimum Gasteiger partial charge on any atom is -0.493 e. The lowest BCUT2D eigenvalue weighted by Gasteiger charge is -2.13. The Morgan fingerprint density at radius 1 is 0.958 bits per heavy atom. The number of aldehydes is 1. The van der Waals surface area contributed by atoms with Crippen LogP contribution in [0.25, 0.3) is 22.5 Å². The van der Waals surface area contributed by atoms with Crippen LogP contribution in [0, 0.1) is 13.8 Å². The smallest absolute Gasteiger partial charge is 0.185 e. The molecule has 3 aromatic rings. The molecule has 3 heteroatoms. The molecule has 1 heterocycles. The molecule has 3 rings (SSSR count). The maximum atomic E-state index is 10.8. The van der Waals surface area contributed by atoms with E-state index in [2.05, 4.69) is 38.1 Å². The zero-order valence-corrected chi connectivity index (χ0v) is 14.1. The molecule has 0 saturated heterocycles. The van der Waals surface area contributed by atoms with Gasteiger partial charge in [0.15, 0.2) is 12.0 Å². The van der Waals surface area contributed by atoms with Crippen molar-refractivity contribution in [3.63, 3.8) is 0 Å². The molecule has 0 bridgehead atoms. The molecular weight excluding hydrogens is 300 g/mol. The second-order valence-electron chi connectivity index (χ2n) is 5.77. The third-order valence-electron chi connectivity index (χ3n) is 3.97. The molecule has 0 aliphatic heterocycles. The molecule has 0 aliphatic rings. The van der Waals surface area contributed by atoms with Gasteiger partial charge in [0.2, 0.25) is 0 Å². The second-order valence-corrected chi connectivity index (χ2v) is 5.77. The number of furan rings is 1. The van der Waals surface area contributed by atoms with Crippen molar-refractivity contribution in [2.45, 2.75) is 20.8 Å². The molecule has 122 valence electrons. The van der Waals surface area contributed by atoms with Crippen molar-refractivity contribution < 1.29 is 13.9 Å². The van der Waals surface area contributed by atoms with Gasteiger partial charge < -0.3 is 9.15 Å². The summed E-state index contributed by atoms with van der Waals surface area (Å²) in [6, 6.07) is 15.9. The van der Waals surface area contributed by atoms with E-state index in [0.717, 1.165) is 33.6 Å². The van der Waals surface area contributed by atoms with E-state index in [1.54, 1.807) is 6.07 Å². The summed E-state index contributed by atoms with van der Waals surface area (Å²) in [6.45, 7) is 6.78. The molecule has 2 aromatic carbocycles. The van der Waals surface area contributed by atoms with Gasteiger partial charge in [-0.3, -0.25) is 4.79 Å². The highest BCUT2D eigenvalue weighted by atomic mass is 16.5. The summed E-state index contributed by atoms with van der Waals surface area (Å²) in [5.74, 6) is 1.99. The molecule has 0 amide bonds. The van der Waals surface area contributed by atoms with Crippen molar-refractivity contribution in [2.24, 2.45) is 0 Å². The van der Waals surface area contributed by atoms with Gasteiger partial charge in [-0.2, -0.15) is 0 Å². The summed E-state index contributed by atoms with van der Waals surface area (Å²) in [4.78, 5) is 10.8. The van der Waals surface area contributed by atoms with Crippen molar-refractivity contribution in [1.82, 2.24) is 0 Å². The topological polar surface area (TPSA) is 39.4 Å². The summed E-state index contributed by atoms with van der Waals surface area (Å²) in [5.41, 5.74) is 5.44. The fraction of sp³-hybridized carbons (Fsp3) is 0.190. The standard InChI is InChI=1S/C21H20O3/c1-4-23-21-14(2)10-18(11-15(21)3)16-6-5-7-17(12-16)20-9-8-19(13-22)24-20/h5-13H,4H2,1-3H3. The molecule has 0 aliphatic carbocycles. The SMILES string of the molecule is CCOc1c(C)cc(-c2cccc(-c3ccc(C=O)o3)c2)cc1C. The van der Waals surface area contributed by atoms with Gasteiger partial charge in [-0.05, 0) is 73.4 Å². The van der Waals surface area contributed by atoms with Crippen LogP contribution >= 0.6 is 0 Å². The second kappa shape index (κ2) is 6.75. The van der Waals surface area contributed by atoms with E-state index in [0.29, 0.717) is 24.4 Å². The number of ether oxygens (including phenoxy) is 1. The van der Waals surface area contributed by atoms with Crippen LogP contribution in [0.1, 0.15) is 28.6 Å². The van der Waals surface area contributed by atoms with E-state index < -0.39 is 0 Å². The average Bonchev–Trinajstić information content (AvgIpc) is 3.07. The number of hydrogen-bond acceptors (Lipinski definition) is 3. The highest BCUT2D eigenvalue weighted by Gasteiger charge is 2.10. The van der Waals surface area contributed by atoms with Gasteiger partial charge in [-0.15, -0.1) is 0 Å². The highest BCUT2D eigenvalue weighted by Crippen LogP contribution is 2.32. The van der Waals surface area contributed by atoms with E-state index in [1.165, 1.54) is 0 Å². The van der Waals surface area contributed by atoms with Crippen LogP contribution in [0.3, 0.4) is 0 Å². The van der Waals surface area contributed by atoms with E-state index in [9.17, 15) is 4.79 Å². The lowest BCUT2D eigenvalue weighted by atomic mass is 9.98. The van der Waals surface area contributed by atoms with E-state index >= 15 is 0 Å². The normalized spacial score (nSPS) is 10.6. The molecule has 3 nitrogen and oxygen atoms in total. The van der Waals surface area contributed by atoms with Crippen molar-refractivity contribution >= 4 is 6.29 Å². The van der Waals surface area contributed by atoms with Crippen LogP contribution in [0.4, 0.5) is 0 Å². The summed E-state index contributed by atoms with van der Waals surface area (Å²) in [6.07, 6.45) is 0.715. The quantitative estimate of drug-likeness (QED) is 0.587. The molecule has 0 atom stereocenters. The molecule has 0 unspecified atom stereocenters. The molecule has 24 heavy (non-hydrogen) atoms. The fourth-order valence-electron chi connectivity index (χ4n) is 2.91. The number of benzene rings is 2. The first-order chi connectivity index (χ1) is 11.6. The first-order valence-corrected chi connectivity index (χ1v) is 8.02. The zero-order valence-electron chi connectivity index (χ0n) is 14.1. The van der Waals surface area contributed by atoms with Gasteiger partial charge in [-0.1, -0.05) is 18.2 Å². The Morgan fingerprint density at radius 2 is 1.67 bits per heavy atom. The third kappa shape index (κ3) is 3.11. The van der Waals surface area contributed by atoms with E-state index in [1.807, 2.05) is 25.1 Å². The van der Waals surface area contributed by atoms with Crippen molar-refractivity contribution in [1.29, 1.82) is 0 Å². The molecule has 0 fully saturated rings. The lowest BCUT2D eigenvalue weighted by molar-refractivity contribution is 0.110. The lowest BCUT2D eigenvalue weighted by Crippen LogP contribution is -1.97.